The third kappa shape index (κ3) is 3.13. The molecule has 0 unspecified atom stereocenters. The number of nitrogens with one attached hydrogen (secondary N) is 1. The van der Waals surface area contributed by atoms with Gasteiger partial charge in [-0.25, -0.2) is 4.98 Å². The molecule has 0 spiro atoms. The van der Waals surface area contributed by atoms with Gasteiger partial charge in [0.05, 0.1) is 11.8 Å². The average Bonchev–Trinajstić information content (AvgIpc) is 3.05. The first kappa shape index (κ1) is 15.3. The molecule has 2 aromatic rings. The number of halogens is 3. The van der Waals surface area contributed by atoms with Gasteiger partial charge in [0.1, 0.15) is 5.82 Å². The molecule has 6 nitrogen and oxygen atoms in total. The zero-order valence-electron chi connectivity index (χ0n) is 12.0. The SMILES string of the molecule is O=C(c1cn[nH]c1C(F)(F)F)N1CCN(c2ccccn2)CC1. The van der Waals surface area contributed by atoms with Crippen molar-refractivity contribution in [2.75, 3.05) is 31.1 Å². The van der Waals surface area contributed by atoms with E-state index in [0.29, 0.717) is 26.2 Å². The molecule has 1 aliphatic rings. The smallest absolute Gasteiger partial charge is 0.353 e. The normalized spacial score (nSPS) is 15.8. The molecular formula is C14H14F3N5O. The molecule has 1 N–H and O–H groups in total. The number of aromatic amines is 1. The number of nitrogens with zero attached hydrogens (tertiary/aromatic N) is 4. The molecule has 0 radical (unpaired) electrons. The lowest BCUT2D eigenvalue weighted by molar-refractivity contribution is -0.141. The highest BCUT2D eigenvalue weighted by Crippen LogP contribution is 2.30. The molecule has 0 aliphatic carbocycles. The minimum Gasteiger partial charge on any atom is -0.353 e. The fourth-order valence-electron chi connectivity index (χ4n) is 2.51. The number of anilines is 1. The largest absolute Gasteiger partial charge is 0.433 e. The van der Waals surface area contributed by atoms with Crippen molar-refractivity contribution in [3.05, 3.63) is 41.9 Å². The molecule has 1 aliphatic heterocycles. The predicted molar refractivity (Wildman–Crippen MR) is 75.9 cm³/mol. The van der Waals surface area contributed by atoms with Gasteiger partial charge >= 0.3 is 6.18 Å². The molecule has 0 atom stereocenters. The van der Waals surface area contributed by atoms with Crippen molar-refractivity contribution in [1.82, 2.24) is 20.1 Å². The summed E-state index contributed by atoms with van der Waals surface area (Å²) in [6.45, 7) is 1.69. The standard InChI is InChI=1S/C14H14F3N5O/c15-14(16,17)12-10(9-19-20-12)13(23)22-7-5-21(6-8-22)11-3-1-2-4-18-11/h1-4,9H,5-8H2,(H,19,20). The quantitative estimate of drug-likeness (QED) is 0.914. The summed E-state index contributed by atoms with van der Waals surface area (Å²) < 4.78 is 38.5. The number of hydrogen-bond acceptors (Lipinski definition) is 4. The van der Waals surface area contributed by atoms with E-state index < -0.39 is 23.3 Å². The van der Waals surface area contributed by atoms with Gasteiger partial charge in [0.2, 0.25) is 0 Å². The van der Waals surface area contributed by atoms with Gasteiger partial charge < -0.3 is 9.80 Å². The number of pyridine rings is 1. The van der Waals surface area contributed by atoms with Gasteiger partial charge in [-0.2, -0.15) is 18.3 Å². The van der Waals surface area contributed by atoms with Gasteiger partial charge in [0.15, 0.2) is 5.69 Å². The van der Waals surface area contributed by atoms with Crippen LogP contribution >= 0.6 is 0 Å². The van der Waals surface area contributed by atoms with Crippen LogP contribution < -0.4 is 4.90 Å². The molecule has 23 heavy (non-hydrogen) atoms. The second kappa shape index (κ2) is 5.90. The molecule has 0 saturated carbocycles. The predicted octanol–water partition coefficient (Wildman–Crippen LogP) is 1.79. The second-order valence-electron chi connectivity index (χ2n) is 5.12. The maximum atomic E-state index is 12.8. The number of carbonyl (C=O) groups excluding carboxylic acids is 1. The van der Waals surface area contributed by atoms with Crippen LogP contribution in [0.4, 0.5) is 19.0 Å². The fraction of sp³-hybridized carbons (Fsp3) is 0.357. The third-order valence-electron chi connectivity index (χ3n) is 3.69. The minimum absolute atomic E-state index is 0.331. The number of aromatic nitrogens is 3. The highest BCUT2D eigenvalue weighted by molar-refractivity contribution is 5.95. The lowest BCUT2D eigenvalue weighted by Crippen LogP contribution is -2.49. The maximum Gasteiger partial charge on any atom is 0.433 e. The lowest BCUT2D eigenvalue weighted by atomic mass is 10.2. The minimum atomic E-state index is -4.63. The Hall–Kier alpha value is -2.58. The van der Waals surface area contributed by atoms with Gasteiger partial charge in [-0.15, -0.1) is 0 Å². The zero-order chi connectivity index (χ0) is 16.4. The van der Waals surface area contributed by atoms with Crippen LogP contribution in [0.2, 0.25) is 0 Å². The van der Waals surface area contributed by atoms with Crippen LogP contribution in [0.3, 0.4) is 0 Å². The zero-order valence-corrected chi connectivity index (χ0v) is 12.0. The van der Waals surface area contributed by atoms with Crippen molar-refractivity contribution in [2.45, 2.75) is 6.18 Å². The molecule has 2 aromatic heterocycles. The summed E-state index contributed by atoms with van der Waals surface area (Å²) >= 11 is 0. The third-order valence-corrected chi connectivity index (χ3v) is 3.69. The summed E-state index contributed by atoms with van der Waals surface area (Å²) in [6, 6.07) is 5.52. The van der Waals surface area contributed by atoms with Crippen LogP contribution in [-0.2, 0) is 6.18 Å². The number of rotatable bonds is 2. The number of amides is 1. The van der Waals surface area contributed by atoms with Crippen molar-refractivity contribution in [3.63, 3.8) is 0 Å². The lowest BCUT2D eigenvalue weighted by Gasteiger charge is -2.35. The fourth-order valence-corrected chi connectivity index (χ4v) is 2.51. The summed E-state index contributed by atoms with van der Waals surface area (Å²) in [4.78, 5) is 19.9. The van der Waals surface area contributed by atoms with Crippen molar-refractivity contribution in [1.29, 1.82) is 0 Å². The highest BCUT2D eigenvalue weighted by atomic mass is 19.4. The average molecular weight is 325 g/mol. The van der Waals surface area contributed by atoms with E-state index in [0.717, 1.165) is 12.0 Å². The van der Waals surface area contributed by atoms with Crippen LogP contribution in [0, 0.1) is 0 Å². The first-order chi connectivity index (χ1) is 11.0. The Balaban J connectivity index is 1.69. The molecule has 0 aromatic carbocycles. The molecular weight excluding hydrogens is 311 g/mol. The topological polar surface area (TPSA) is 65.1 Å². The number of alkyl halides is 3. The Morgan fingerprint density at radius 1 is 1.17 bits per heavy atom. The van der Waals surface area contributed by atoms with Crippen molar-refractivity contribution in [3.8, 4) is 0 Å². The van der Waals surface area contributed by atoms with E-state index in [-0.39, 0.29) is 0 Å². The molecule has 1 amide bonds. The van der Waals surface area contributed by atoms with E-state index in [2.05, 4.69) is 10.1 Å². The Bertz CT molecular complexity index is 677. The Labute approximate surface area is 129 Å². The van der Waals surface area contributed by atoms with E-state index in [1.807, 2.05) is 22.1 Å². The second-order valence-corrected chi connectivity index (χ2v) is 5.12. The molecule has 0 bridgehead atoms. The molecule has 9 heteroatoms. The molecule has 3 heterocycles. The van der Waals surface area contributed by atoms with E-state index in [1.54, 1.807) is 12.3 Å². The van der Waals surface area contributed by atoms with Gasteiger partial charge in [-0.05, 0) is 12.1 Å². The molecule has 1 fully saturated rings. The summed E-state index contributed by atoms with van der Waals surface area (Å²) in [5.74, 6) is 0.130. The van der Waals surface area contributed by atoms with Crippen molar-refractivity contribution >= 4 is 11.7 Å². The van der Waals surface area contributed by atoms with Gasteiger partial charge in [-0.3, -0.25) is 9.89 Å². The first-order valence-corrected chi connectivity index (χ1v) is 7.02. The van der Waals surface area contributed by atoms with Crippen LogP contribution in [-0.4, -0.2) is 52.2 Å². The van der Waals surface area contributed by atoms with Gasteiger partial charge in [-0.1, -0.05) is 6.07 Å². The molecule has 1 saturated heterocycles. The van der Waals surface area contributed by atoms with Gasteiger partial charge in [0.25, 0.3) is 5.91 Å². The monoisotopic (exact) mass is 325 g/mol. The summed E-state index contributed by atoms with van der Waals surface area (Å²) in [5.41, 5.74) is -1.54. The van der Waals surface area contributed by atoms with Crippen LogP contribution in [0.5, 0.6) is 0 Å². The number of hydrogen-bond donors (Lipinski definition) is 1. The summed E-state index contributed by atoms with van der Waals surface area (Å²) in [5, 5.41) is 5.21. The van der Waals surface area contributed by atoms with E-state index in [9.17, 15) is 18.0 Å². The molecule has 122 valence electrons. The number of H-pyrrole nitrogens is 1. The van der Waals surface area contributed by atoms with Gasteiger partial charge in [0, 0.05) is 32.4 Å². The number of carbonyl (C=O) groups is 1. The Kier molecular flexibility index (Phi) is 3.93. The van der Waals surface area contributed by atoms with E-state index >= 15 is 0 Å². The maximum absolute atomic E-state index is 12.8. The molecule has 3 rings (SSSR count). The van der Waals surface area contributed by atoms with Crippen LogP contribution in [0.25, 0.3) is 0 Å². The van der Waals surface area contributed by atoms with E-state index in [1.165, 1.54) is 4.90 Å². The van der Waals surface area contributed by atoms with E-state index in [4.69, 9.17) is 0 Å². The van der Waals surface area contributed by atoms with Crippen molar-refractivity contribution in [2.24, 2.45) is 0 Å². The number of piperazine rings is 1. The first-order valence-electron chi connectivity index (χ1n) is 7.02. The summed E-state index contributed by atoms with van der Waals surface area (Å²) in [7, 11) is 0. The Morgan fingerprint density at radius 2 is 1.91 bits per heavy atom. The van der Waals surface area contributed by atoms with Crippen LogP contribution in [0.15, 0.2) is 30.6 Å². The van der Waals surface area contributed by atoms with Crippen LogP contribution in [0.1, 0.15) is 16.1 Å². The Morgan fingerprint density at radius 3 is 2.52 bits per heavy atom. The highest BCUT2D eigenvalue weighted by Gasteiger charge is 2.38. The summed E-state index contributed by atoms with van der Waals surface area (Å²) in [6.07, 6.45) is -2.03. The van der Waals surface area contributed by atoms with Crippen molar-refractivity contribution < 1.29 is 18.0 Å².